The number of rotatable bonds is 0. The van der Waals surface area contributed by atoms with Crippen molar-refractivity contribution in [2.75, 3.05) is 0 Å². The van der Waals surface area contributed by atoms with Crippen LogP contribution in [0.15, 0.2) is 0 Å². The van der Waals surface area contributed by atoms with Crippen LogP contribution in [0.1, 0.15) is 13.8 Å². The van der Waals surface area contributed by atoms with E-state index in [1.165, 1.54) is 0 Å². The fourth-order valence-electron chi connectivity index (χ4n) is 0. The van der Waals surface area contributed by atoms with Crippen molar-refractivity contribution in [2.24, 2.45) is 0 Å². The standard InChI is InChI=1S/C3H8O.4ClH.Zr/c1-3(2)4;;;;;/h3-4H,1-2H3;4*1H;/q;;;;;+4/p-4. The topological polar surface area (TPSA) is 20.2 Å². The van der Waals surface area contributed by atoms with Crippen LogP contribution in [0, 0.1) is 0 Å². The Kier molecular flexibility index (Phi) is 10.1. The van der Waals surface area contributed by atoms with E-state index in [0.717, 1.165) is 0 Å². The van der Waals surface area contributed by atoms with Gasteiger partial charge in [-0.05, 0) is 13.8 Å². The van der Waals surface area contributed by atoms with Crippen LogP contribution in [-0.4, -0.2) is 11.2 Å². The first-order valence-corrected chi connectivity index (χ1v) is 14.8. The van der Waals surface area contributed by atoms with Crippen molar-refractivity contribution < 1.29 is 20.6 Å². The van der Waals surface area contributed by atoms with Crippen LogP contribution < -0.4 is 0 Å². The molecule has 0 aliphatic rings. The number of hydrogen-bond donors (Lipinski definition) is 1. The Hall–Kier alpha value is 2.00. The first-order chi connectivity index (χ1) is 3.73. The molecule has 0 unspecified atom stereocenters. The molecule has 0 aliphatic carbocycles. The maximum atomic E-state index is 8.06. The van der Waals surface area contributed by atoms with Gasteiger partial charge in [-0.1, -0.05) is 0 Å². The minimum atomic E-state index is -3.29. The fourth-order valence-corrected chi connectivity index (χ4v) is 0. The summed E-state index contributed by atoms with van der Waals surface area (Å²) in [5, 5.41) is 8.06. The van der Waals surface area contributed by atoms with E-state index in [2.05, 4.69) is 0 Å². The molecular weight excluding hydrogens is 285 g/mol. The molecule has 0 aromatic rings. The average molecular weight is 293 g/mol. The van der Waals surface area contributed by atoms with Gasteiger partial charge in [-0.15, -0.1) is 0 Å². The van der Waals surface area contributed by atoms with Crippen molar-refractivity contribution in [3.8, 4) is 0 Å². The molecule has 0 heterocycles. The molecule has 0 bridgehead atoms. The van der Waals surface area contributed by atoms with Crippen molar-refractivity contribution in [1.82, 2.24) is 0 Å². The molecule has 0 aromatic carbocycles. The van der Waals surface area contributed by atoms with Gasteiger partial charge < -0.3 is 5.11 Å². The zero-order valence-corrected chi connectivity index (χ0v) is 10.5. The third kappa shape index (κ3) is 160. The molecule has 1 N–H and O–H groups in total. The molecule has 0 saturated heterocycles. The Labute approximate surface area is 73.8 Å². The number of halogens is 4. The van der Waals surface area contributed by atoms with Crippen LogP contribution in [0.4, 0.5) is 0 Å². The first kappa shape index (κ1) is 13.6. The maximum absolute atomic E-state index is 8.06. The molecule has 0 rings (SSSR count). The van der Waals surface area contributed by atoms with Gasteiger partial charge in [-0.25, -0.2) is 0 Å². The summed E-state index contributed by atoms with van der Waals surface area (Å²) in [4.78, 5) is 0. The van der Waals surface area contributed by atoms with Gasteiger partial charge in [0, 0.05) is 6.10 Å². The van der Waals surface area contributed by atoms with Crippen LogP contribution >= 0.6 is 34.1 Å². The van der Waals surface area contributed by atoms with E-state index < -0.39 is 15.5 Å². The van der Waals surface area contributed by atoms with Gasteiger partial charge in [0.05, 0.1) is 0 Å². The van der Waals surface area contributed by atoms with E-state index >= 15 is 0 Å². The van der Waals surface area contributed by atoms with Crippen LogP contribution in [0.5, 0.6) is 0 Å². The molecular formula is C3H8Cl4OZr. The Morgan fingerprint density at radius 1 is 1.11 bits per heavy atom. The van der Waals surface area contributed by atoms with Gasteiger partial charge in [-0.2, -0.15) is 0 Å². The van der Waals surface area contributed by atoms with Gasteiger partial charge in [0.1, 0.15) is 0 Å². The van der Waals surface area contributed by atoms with Gasteiger partial charge in [0.2, 0.25) is 0 Å². The van der Waals surface area contributed by atoms with Gasteiger partial charge in [0.15, 0.2) is 0 Å². The predicted molar refractivity (Wildman–Crippen MR) is 40.8 cm³/mol. The summed E-state index contributed by atoms with van der Waals surface area (Å²) in [6.07, 6.45) is -0.167. The third-order valence-corrected chi connectivity index (χ3v) is 0. The monoisotopic (exact) mass is 290 g/mol. The summed E-state index contributed by atoms with van der Waals surface area (Å²) >= 11 is -3.29. The molecule has 0 amide bonds. The molecule has 0 fully saturated rings. The van der Waals surface area contributed by atoms with Crippen LogP contribution in [0.2, 0.25) is 0 Å². The summed E-state index contributed by atoms with van der Waals surface area (Å²) in [6, 6.07) is 0. The number of aliphatic hydroxyl groups is 1. The van der Waals surface area contributed by atoms with Crippen molar-refractivity contribution in [1.29, 1.82) is 0 Å². The second kappa shape index (κ2) is 6.70. The molecule has 6 heteroatoms. The molecule has 0 spiro atoms. The summed E-state index contributed by atoms with van der Waals surface area (Å²) in [7, 11) is 20.1. The molecule has 0 atom stereocenters. The Morgan fingerprint density at radius 2 is 1.11 bits per heavy atom. The van der Waals surface area contributed by atoms with Gasteiger partial charge in [0.25, 0.3) is 0 Å². The van der Waals surface area contributed by atoms with E-state index in [9.17, 15) is 0 Å². The Bertz CT molecular complexity index is 52.6. The van der Waals surface area contributed by atoms with Crippen LogP contribution in [0.3, 0.4) is 0 Å². The summed E-state index contributed by atoms with van der Waals surface area (Å²) in [6.45, 7) is 3.44. The van der Waals surface area contributed by atoms with Gasteiger partial charge >= 0.3 is 49.5 Å². The van der Waals surface area contributed by atoms with Crippen LogP contribution in [-0.2, 0) is 15.5 Å². The number of aliphatic hydroxyl groups excluding tert-OH is 1. The van der Waals surface area contributed by atoms with Crippen molar-refractivity contribution >= 4 is 34.1 Å². The predicted octanol–water partition coefficient (Wildman–Crippen LogP) is 3.14. The summed E-state index contributed by atoms with van der Waals surface area (Å²) < 4.78 is 0. The second-order valence-electron chi connectivity index (χ2n) is 1.52. The fraction of sp³-hybridized carbons (Fsp3) is 1.00. The second-order valence-corrected chi connectivity index (χ2v) is 23.9. The Morgan fingerprint density at radius 3 is 1.11 bits per heavy atom. The third-order valence-electron chi connectivity index (χ3n) is 0. The zero-order valence-electron chi connectivity index (χ0n) is 5.04. The molecule has 1 nitrogen and oxygen atoms in total. The summed E-state index contributed by atoms with van der Waals surface area (Å²) in [5.74, 6) is 0. The SMILES string of the molecule is CC(C)O.[Cl][Zr]([Cl])([Cl])[Cl]. The van der Waals surface area contributed by atoms with Gasteiger partial charge in [-0.3, -0.25) is 0 Å². The molecule has 9 heavy (non-hydrogen) atoms. The molecule has 0 aromatic heterocycles. The van der Waals surface area contributed by atoms with E-state index in [4.69, 9.17) is 39.2 Å². The van der Waals surface area contributed by atoms with Crippen molar-refractivity contribution in [3.63, 3.8) is 0 Å². The molecule has 0 saturated carbocycles. The minimum absolute atomic E-state index is 0.167. The Balaban J connectivity index is 0. The average Bonchev–Trinajstić information content (AvgIpc) is 1.19. The van der Waals surface area contributed by atoms with E-state index in [1.807, 2.05) is 0 Å². The molecule has 0 radical (unpaired) electrons. The van der Waals surface area contributed by atoms with Crippen LogP contribution in [0.25, 0.3) is 0 Å². The van der Waals surface area contributed by atoms with Crippen molar-refractivity contribution in [2.45, 2.75) is 20.0 Å². The number of hydrogen-bond acceptors (Lipinski definition) is 1. The zero-order chi connectivity index (χ0) is 8.08. The quantitative estimate of drug-likeness (QED) is 0.727. The summed E-state index contributed by atoms with van der Waals surface area (Å²) in [5.41, 5.74) is 0. The first-order valence-electron chi connectivity index (χ1n) is 2.17. The van der Waals surface area contributed by atoms with E-state index in [0.29, 0.717) is 0 Å². The normalized spacial score (nSPS) is 10.7. The molecule has 0 aliphatic heterocycles. The van der Waals surface area contributed by atoms with Crippen molar-refractivity contribution in [3.05, 3.63) is 0 Å². The molecule has 58 valence electrons. The van der Waals surface area contributed by atoms with E-state index in [-0.39, 0.29) is 6.10 Å². The van der Waals surface area contributed by atoms with E-state index in [1.54, 1.807) is 13.8 Å².